The minimum absolute atomic E-state index is 0.280. The molecule has 2 N–H and O–H groups in total. The Bertz CT molecular complexity index is 846. The van der Waals surface area contributed by atoms with Gasteiger partial charge >= 0.3 is 12.0 Å². The molecular weight excluding hydrogens is 387 g/mol. The van der Waals surface area contributed by atoms with Gasteiger partial charge in [0.15, 0.2) is 0 Å². The summed E-state index contributed by atoms with van der Waals surface area (Å²) in [6, 6.07) is 14.8. The summed E-state index contributed by atoms with van der Waals surface area (Å²) in [5, 5.41) is 11.7. The van der Waals surface area contributed by atoms with Gasteiger partial charge in [-0.3, -0.25) is 4.90 Å². The molecule has 0 aliphatic heterocycles. The number of carbonyl (C=O) groups excluding carboxylic acids is 1. The van der Waals surface area contributed by atoms with Gasteiger partial charge in [0.2, 0.25) is 0 Å². The quantitative estimate of drug-likeness (QED) is 0.663. The number of rotatable bonds is 8. The molecule has 0 aromatic heterocycles. The van der Waals surface area contributed by atoms with Gasteiger partial charge in [0.25, 0.3) is 0 Å². The lowest BCUT2D eigenvalue weighted by molar-refractivity contribution is -0.142. The Morgan fingerprint density at radius 1 is 1.07 bits per heavy atom. The summed E-state index contributed by atoms with van der Waals surface area (Å²) in [6.45, 7) is 0.653. The first-order valence-corrected chi connectivity index (χ1v) is 10.2. The fourth-order valence-electron chi connectivity index (χ4n) is 3.94. The summed E-state index contributed by atoms with van der Waals surface area (Å²) in [6.07, 6.45) is 3.91. The van der Waals surface area contributed by atoms with Crippen molar-refractivity contribution in [3.05, 3.63) is 60.4 Å². The molecule has 0 spiro atoms. The summed E-state index contributed by atoms with van der Waals surface area (Å²) < 4.78 is 19.0. The van der Waals surface area contributed by atoms with Crippen molar-refractivity contribution in [3.8, 4) is 0 Å². The zero-order valence-electron chi connectivity index (χ0n) is 16.8. The topological polar surface area (TPSA) is 78.9 Å². The molecule has 7 heteroatoms. The van der Waals surface area contributed by atoms with Gasteiger partial charge < -0.3 is 15.2 Å². The first kappa shape index (κ1) is 21.8. The minimum atomic E-state index is -0.965. The Hall–Kier alpha value is -2.93. The van der Waals surface area contributed by atoms with E-state index < -0.39 is 11.8 Å². The van der Waals surface area contributed by atoms with Crippen molar-refractivity contribution in [1.29, 1.82) is 0 Å². The highest BCUT2D eigenvalue weighted by atomic mass is 19.1. The van der Waals surface area contributed by atoms with E-state index >= 15 is 0 Å². The maximum Gasteiger partial charge on any atom is 0.329 e. The van der Waals surface area contributed by atoms with Crippen LogP contribution in [-0.2, 0) is 9.53 Å². The zero-order chi connectivity index (χ0) is 21.3. The summed E-state index contributed by atoms with van der Waals surface area (Å²) in [5.74, 6) is -0.773. The minimum Gasteiger partial charge on any atom is -0.480 e. The predicted molar refractivity (Wildman–Crippen MR) is 112 cm³/mol. The van der Waals surface area contributed by atoms with Crippen molar-refractivity contribution in [3.63, 3.8) is 0 Å². The molecule has 30 heavy (non-hydrogen) atoms. The second kappa shape index (κ2) is 10.7. The number of aliphatic carboxylic acids is 1. The number of hydrogen-bond acceptors (Lipinski definition) is 3. The maximum absolute atomic E-state index is 13.8. The molecule has 2 amide bonds. The number of para-hydroxylation sites is 1. The van der Waals surface area contributed by atoms with Crippen molar-refractivity contribution in [2.75, 3.05) is 24.7 Å². The molecule has 0 bridgehead atoms. The summed E-state index contributed by atoms with van der Waals surface area (Å²) in [7, 11) is 0. The van der Waals surface area contributed by atoms with Crippen molar-refractivity contribution in [1.82, 2.24) is 5.32 Å². The largest absolute Gasteiger partial charge is 0.480 e. The van der Waals surface area contributed by atoms with Gasteiger partial charge in [0, 0.05) is 6.54 Å². The van der Waals surface area contributed by atoms with Gasteiger partial charge in [0.1, 0.15) is 12.4 Å². The van der Waals surface area contributed by atoms with Crippen LogP contribution in [0, 0.1) is 17.7 Å². The van der Waals surface area contributed by atoms with Gasteiger partial charge in [-0.15, -0.1) is 0 Å². The number of anilines is 2. The molecule has 2 atom stereocenters. The third-order valence-electron chi connectivity index (χ3n) is 5.30. The molecular formula is C23H27FN2O4. The number of hydrogen-bond donors (Lipinski definition) is 2. The Labute approximate surface area is 175 Å². The Balaban J connectivity index is 1.61. The monoisotopic (exact) mass is 414 g/mol. The van der Waals surface area contributed by atoms with Gasteiger partial charge in [-0.1, -0.05) is 30.7 Å². The van der Waals surface area contributed by atoms with Crippen LogP contribution >= 0.6 is 0 Å². The number of benzene rings is 2. The Morgan fingerprint density at radius 2 is 1.80 bits per heavy atom. The fourth-order valence-corrected chi connectivity index (χ4v) is 3.94. The third-order valence-corrected chi connectivity index (χ3v) is 5.30. The second-order valence-corrected chi connectivity index (χ2v) is 7.64. The lowest BCUT2D eigenvalue weighted by atomic mass is 9.82. The number of halogens is 1. The third kappa shape index (κ3) is 6.29. The van der Waals surface area contributed by atoms with Crippen LogP contribution in [0.15, 0.2) is 54.6 Å². The summed E-state index contributed by atoms with van der Waals surface area (Å²) in [4.78, 5) is 25.1. The van der Waals surface area contributed by atoms with E-state index in [1.165, 1.54) is 17.0 Å². The summed E-state index contributed by atoms with van der Waals surface area (Å²) in [5.41, 5.74) is 1.12. The normalized spacial score (nSPS) is 18.6. The van der Waals surface area contributed by atoms with Crippen LogP contribution in [0.25, 0.3) is 0 Å². The molecule has 0 radical (unpaired) electrons. The van der Waals surface area contributed by atoms with Crippen molar-refractivity contribution < 1.29 is 23.8 Å². The van der Waals surface area contributed by atoms with Gasteiger partial charge in [-0.2, -0.15) is 0 Å². The van der Waals surface area contributed by atoms with E-state index in [9.17, 15) is 14.0 Å². The molecule has 0 heterocycles. The number of carboxylic acid groups (broad SMARTS) is 1. The molecule has 2 unspecified atom stereocenters. The molecule has 160 valence electrons. The van der Waals surface area contributed by atoms with E-state index in [2.05, 4.69) is 5.32 Å². The standard InChI is InChI=1S/C23H27FN2O4/c24-19-8-5-11-21(13-19)26(20-9-2-1-3-10-20)23(29)25-14-17-6-4-7-18(12-17)15-30-16-22(27)28/h1-3,5,8-11,13,17-18H,4,6-7,12,14-16H2,(H,25,29)(H,27,28). The number of ether oxygens (including phenoxy) is 1. The van der Waals surface area contributed by atoms with Crippen LogP contribution in [0.4, 0.5) is 20.6 Å². The second-order valence-electron chi connectivity index (χ2n) is 7.64. The van der Waals surface area contributed by atoms with E-state index in [0.29, 0.717) is 36.4 Å². The van der Waals surface area contributed by atoms with Gasteiger partial charge in [-0.25, -0.2) is 14.0 Å². The molecule has 6 nitrogen and oxygen atoms in total. The predicted octanol–water partition coefficient (Wildman–Crippen LogP) is 4.58. The van der Waals surface area contributed by atoms with Crippen LogP contribution in [0.1, 0.15) is 25.7 Å². The van der Waals surface area contributed by atoms with Crippen molar-refractivity contribution >= 4 is 23.4 Å². The van der Waals surface area contributed by atoms with E-state index in [4.69, 9.17) is 9.84 Å². The molecule has 3 rings (SSSR count). The average Bonchev–Trinajstić information content (AvgIpc) is 2.73. The maximum atomic E-state index is 13.8. The van der Waals surface area contributed by atoms with Crippen molar-refractivity contribution in [2.45, 2.75) is 25.7 Å². The average molecular weight is 414 g/mol. The molecule has 1 aliphatic carbocycles. The Morgan fingerprint density at radius 3 is 2.53 bits per heavy atom. The number of carboxylic acids is 1. The lowest BCUT2D eigenvalue weighted by Crippen LogP contribution is -2.40. The van der Waals surface area contributed by atoms with Crippen molar-refractivity contribution in [2.24, 2.45) is 11.8 Å². The van der Waals surface area contributed by atoms with Crippen LogP contribution in [0.5, 0.6) is 0 Å². The Kier molecular flexibility index (Phi) is 7.79. The summed E-state index contributed by atoms with van der Waals surface area (Å²) >= 11 is 0. The fraction of sp³-hybridized carbons (Fsp3) is 0.391. The SMILES string of the molecule is O=C(O)COCC1CCCC(CNC(=O)N(c2ccccc2)c2cccc(F)c2)C1. The molecule has 1 fully saturated rings. The molecule has 2 aromatic rings. The zero-order valence-corrected chi connectivity index (χ0v) is 16.8. The van der Waals surface area contributed by atoms with Crippen LogP contribution in [-0.4, -0.2) is 36.9 Å². The lowest BCUT2D eigenvalue weighted by Gasteiger charge is -2.30. The highest BCUT2D eigenvalue weighted by Crippen LogP contribution is 2.30. The number of amides is 2. The van der Waals surface area contributed by atoms with Crippen LogP contribution in [0.2, 0.25) is 0 Å². The molecule has 2 aromatic carbocycles. The number of carbonyl (C=O) groups is 2. The first-order chi connectivity index (χ1) is 14.5. The van der Waals surface area contributed by atoms with E-state index in [-0.39, 0.29) is 12.6 Å². The van der Waals surface area contributed by atoms with Gasteiger partial charge in [-0.05, 0) is 61.4 Å². The first-order valence-electron chi connectivity index (χ1n) is 10.2. The highest BCUT2D eigenvalue weighted by Gasteiger charge is 2.24. The molecule has 1 saturated carbocycles. The van der Waals surface area contributed by atoms with E-state index in [1.54, 1.807) is 24.3 Å². The van der Waals surface area contributed by atoms with Crippen LogP contribution in [0.3, 0.4) is 0 Å². The van der Waals surface area contributed by atoms with E-state index in [1.807, 2.05) is 18.2 Å². The highest BCUT2D eigenvalue weighted by molar-refractivity contribution is 5.99. The van der Waals surface area contributed by atoms with Gasteiger partial charge in [0.05, 0.1) is 18.0 Å². The molecule has 1 aliphatic rings. The number of nitrogens with zero attached hydrogens (tertiary/aromatic N) is 1. The van der Waals surface area contributed by atoms with Crippen LogP contribution < -0.4 is 10.2 Å². The number of nitrogens with one attached hydrogen (secondary N) is 1. The number of urea groups is 1. The molecule has 0 saturated heterocycles. The smallest absolute Gasteiger partial charge is 0.329 e. The van der Waals surface area contributed by atoms with E-state index in [0.717, 1.165) is 25.7 Å².